The summed E-state index contributed by atoms with van der Waals surface area (Å²) in [5.74, 6) is -4.01. The number of nitrogens with two attached hydrogens (primary N) is 1. The van der Waals surface area contributed by atoms with Crippen molar-refractivity contribution in [2.45, 2.75) is 44.4 Å². The van der Waals surface area contributed by atoms with Gasteiger partial charge in [0.05, 0.1) is 17.9 Å². The van der Waals surface area contributed by atoms with E-state index in [1.165, 1.54) is 4.90 Å². The molecule has 1 saturated carbocycles. The zero-order valence-electron chi connectivity index (χ0n) is 21.1. The molecule has 2 aromatic carbocycles. The van der Waals surface area contributed by atoms with Gasteiger partial charge in [0.1, 0.15) is 12.4 Å². The second-order valence-corrected chi connectivity index (χ2v) is 10.2. The standard InChI is InChI=1S/C28H29F3N4O4/c29-28(30,31)12-11-18(20(24(32)36)15-16-9-10-16)26(37)34-25-27(38)35-13-14-39-21-8-4-7-19(23(21)35)22(33-25)17-5-2-1-3-6-17/h1-8,16,18,20,25H,9-15H2,(H2,32,36)(H,34,37). The van der Waals surface area contributed by atoms with E-state index in [0.29, 0.717) is 28.3 Å². The van der Waals surface area contributed by atoms with Crippen molar-refractivity contribution in [3.63, 3.8) is 0 Å². The van der Waals surface area contributed by atoms with Crippen LogP contribution >= 0.6 is 0 Å². The zero-order valence-corrected chi connectivity index (χ0v) is 21.1. The molecule has 0 radical (unpaired) electrons. The average molecular weight is 543 g/mol. The highest BCUT2D eigenvalue weighted by Crippen LogP contribution is 2.40. The van der Waals surface area contributed by atoms with Gasteiger partial charge in [-0.2, -0.15) is 13.2 Å². The van der Waals surface area contributed by atoms with Crippen molar-refractivity contribution in [3.05, 3.63) is 59.7 Å². The largest absolute Gasteiger partial charge is 0.490 e. The average Bonchev–Trinajstić information content (AvgIpc) is 3.74. The van der Waals surface area contributed by atoms with Gasteiger partial charge in [0.15, 0.2) is 0 Å². The third-order valence-corrected chi connectivity index (χ3v) is 7.39. The molecule has 2 aromatic rings. The molecule has 0 aromatic heterocycles. The molecule has 1 fully saturated rings. The lowest BCUT2D eigenvalue weighted by Gasteiger charge is -2.31. The second kappa shape index (κ2) is 10.7. The molecule has 0 bridgehead atoms. The van der Waals surface area contributed by atoms with E-state index in [-0.39, 0.29) is 25.5 Å². The van der Waals surface area contributed by atoms with E-state index in [1.807, 2.05) is 30.3 Å². The Morgan fingerprint density at radius 1 is 1.10 bits per heavy atom. The fourth-order valence-electron chi connectivity index (χ4n) is 5.28. The number of nitrogens with zero attached hydrogens (tertiary/aromatic N) is 2. The third kappa shape index (κ3) is 5.91. The van der Waals surface area contributed by atoms with Crippen molar-refractivity contribution in [2.75, 3.05) is 18.1 Å². The SMILES string of the molecule is NC(=O)C(CC1CC1)C(CCC(F)(F)F)C(=O)NC1N=C(c2ccccc2)c2cccc3c2N(CCO3)C1=O. The van der Waals surface area contributed by atoms with Gasteiger partial charge in [-0.1, -0.05) is 55.3 Å². The number of halogens is 3. The van der Waals surface area contributed by atoms with Crippen LogP contribution in [0, 0.1) is 17.8 Å². The molecule has 2 heterocycles. The minimum absolute atomic E-state index is 0.146. The van der Waals surface area contributed by atoms with E-state index in [9.17, 15) is 27.6 Å². The van der Waals surface area contributed by atoms with Crippen molar-refractivity contribution < 1.29 is 32.3 Å². The first-order valence-corrected chi connectivity index (χ1v) is 13.0. The molecular formula is C28H29F3N4O4. The van der Waals surface area contributed by atoms with Gasteiger partial charge in [0.2, 0.25) is 18.0 Å². The summed E-state index contributed by atoms with van der Waals surface area (Å²) in [5, 5.41) is 2.58. The molecule has 2 aliphatic heterocycles. The summed E-state index contributed by atoms with van der Waals surface area (Å²) >= 11 is 0. The number of aliphatic imine (C=N–C) groups is 1. The molecule has 8 nitrogen and oxygen atoms in total. The summed E-state index contributed by atoms with van der Waals surface area (Å²) in [5.41, 5.74) is 7.84. The monoisotopic (exact) mass is 542 g/mol. The van der Waals surface area contributed by atoms with Crippen LogP contribution in [0.1, 0.15) is 43.2 Å². The fraction of sp³-hybridized carbons (Fsp3) is 0.429. The van der Waals surface area contributed by atoms with Crippen LogP contribution in [0.25, 0.3) is 0 Å². The van der Waals surface area contributed by atoms with Gasteiger partial charge < -0.3 is 20.7 Å². The van der Waals surface area contributed by atoms with Crippen LogP contribution in [0.2, 0.25) is 0 Å². The van der Waals surface area contributed by atoms with E-state index < -0.39 is 54.7 Å². The lowest BCUT2D eigenvalue weighted by molar-refractivity contribution is -0.146. The first-order valence-electron chi connectivity index (χ1n) is 13.0. The van der Waals surface area contributed by atoms with Gasteiger partial charge >= 0.3 is 6.18 Å². The molecular weight excluding hydrogens is 513 g/mol. The summed E-state index contributed by atoms with van der Waals surface area (Å²) in [4.78, 5) is 45.8. The molecule has 3 amide bonds. The van der Waals surface area contributed by atoms with Gasteiger partial charge in [-0.25, -0.2) is 4.99 Å². The van der Waals surface area contributed by atoms with Crippen LogP contribution in [-0.2, 0) is 14.4 Å². The number of ether oxygens (including phenoxy) is 1. The van der Waals surface area contributed by atoms with Gasteiger partial charge in [0.25, 0.3) is 5.91 Å². The van der Waals surface area contributed by atoms with Gasteiger partial charge in [-0.15, -0.1) is 0 Å². The Labute approximate surface area is 223 Å². The van der Waals surface area contributed by atoms with E-state index in [2.05, 4.69) is 10.3 Å². The lowest BCUT2D eigenvalue weighted by Crippen LogP contribution is -2.52. The summed E-state index contributed by atoms with van der Waals surface area (Å²) in [6.07, 6.45) is -5.91. The lowest BCUT2D eigenvalue weighted by atomic mass is 9.83. The Balaban J connectivity index is 1.51. The minimum atomic E-state index is -4.52. The van der Waals surface area contributed by atoms with E-state index >= 15 is 0 Å². The van der Waals surface area contributed by atoms with Crippen molar-refractivity contribution in [1.82, 2.24) is 5.32 Å². The maximum absolute atomic E-state index is 13.7. The number of primary amides is 1. The Bertz CT molecular complexity index is 1290. The molecule has 0 spiro atoms. The highest BCUT2D eigenvalue weighted by molar-refractivity contribution is 6.21. The summed E-state index contributed by atoms with van der Waals surface area (Å²) < 4.78 is 45.3. The predicted octanol–water partition coefficient (Wildman–Crippen LogP) is 3.57. The number of benzene rings is 2. The van der Waals surface area contributed by atoms with Crippen LogP contribution in [0.3, 0.4) is 0 Å². The highest BCUT2D eigenvalue weighted by Gasteiger charge is 2.42. The first-order chi connectivity index (χ1) is 18.6. The molecule has 39 heavy (non-hydrogen) atoms. The van der Waals surface area contributed by atoms with Crippen LogP contribution in [0.15, 0.2) is 53.5 Å². The van der Waals surface area contributed by atoms with Crippen LogP contribution in [-0.4, -0.2) is 48.9 Å². The maximum Gasteiger partial charge on any atom is 0.389 e. The van der Waals surface area contributed by atoms with E-state index in [4.69, 9.17) is 10.5 Å². The topological polar surface area (TPSA) is 114 Å². The number of hydrogen-bond acceptors (Lipinski definition) is 5. The molecule has 206 valence electrons. The number of carbonyl (C=O) groups excluding carboxylic acids is 3. The Kier molecular flexibility index (Phi) is 7.33. The number of amides is 3. The Morgan fingerprint density at radius 3 is 2.51 bits per heavy atom. The van der Waals surface area contributed by atoms with Gasteiger partial charge in [-0.3, -0.25) is 14.4 Å². The van der Waals surface area contributed by atoms with Gasteiger partial charge in [-0.05, 0) is 24.8 Å². The predicted molar refractivity (Wildman–Crippen MR) is 137 cm³/mol. The summed E-state index contributed by atoms with van der Waals surface area (Å²) in [6, 6.07) is 14.4. The summed E-state index contributed by atoms with van der Waals surface area (Å²) in [7, 11) is 0. The smallest absolute Gasteiger partial charge is 0.389 e. The van der Waals surface area contributed by atoms with Crippen molar-refractivity contribution in [2.24, 2.45) is 28.5 Å². The van der Waals surface area contributed by atoms with E-state index in [1.54, 1.807) is 18.2 Å². The van der Waals surface area contributed by atoms with Crippen LogP contribution in [0.4, 0.5) is 18.9 Å². The molecule has 5 rings (SSSR count). The molecule has 3 atom stereocenters. The zero-order chi connectivity index (χ0) is 27.7. The molecule has 3 aliphatic rings. The van der Waals surface area contributed by atoms with Crippen molar-refractivity contribution in [1.29, 1.82) is 0 Å². The number of alkyl halides is 3. The highest BCUT2D eigenvalue weighted by atomic mass is 19.4. The van der Waals surface area contributed by atoms with E-state index in [0.717, 1.165) is 12.8 Å². The van der Waals surface area contributed by atoms with Crippen LogP contribution < -0.4 is 20.7 Å². The Hall–Kier alpha value is -3.89. The molecule has 0 saturated heterocycles. The Morgan fingerprint density at radius 2 is 1.85 bits per heavy atom. The van der Waals surface area contributed by atoms with Gasteiger partial charge in [0, 0.05) is 29.4 Å². The second-order valence-electron chi connectivity index (χ2n) is 10.2. The molecule has 3 unspecified atom stereocenters. The van der Waals surface area contributed by atoms with Crippen LogP contribution in [0.5, 0.6) is 5.75 Å². The molecule has 11 heteroatoms. The summed E-state index contributed by atoms with van der Waals surface area (Å²) in [6.45, 7) is 0.429. The normalized spacial score (nSPS) is 20.2. The molecule has 1 aliphatic carbocycles. The number of rotatable bonds is 9. The third-order valence-electron chi connectivity index (χ3n) is 7.39. The number of hydrogen-bond donors (Lipinski definition) is 2. The number of anilines is 1. The minimum Gasteiger partial charge on any atom is -0.490 e. The van der Waals surface area contributed by atoms with Crippen molar-refractivity contribution in [3.8, 4) is 5.75 Å². The van der Waals surface area contributed by atoms with Crippen molar-refractivity contribution >= 4 is 29.1 Å². The quantitative estimate of drug-likeness (QED) is 0.504. The molecule has 3 N–H and O–H groups in total. The maximum atomic E-state index is 13.7. The number of nitrogens with one attached hydrogen (secondary N) is 1. The number of carbonyl (C=O) groups is 3. The fourth-order valence-corrected chi connectivity index (χ4v) is 5.28. The number of para-hydroxylation sites is 1. The first kappa shape index (κ1) is 26.7.